The smallest absolute Gasteiger partial charge is 0.133 e. The highest BCUT2D eigenvalue weighted by atomic mass is 32.2. The summed E-state index contributed by atoms with van der Waals surface area (Å²) in [7, 11) is 0. The van der Waals surface area contributed by atoms with E-state index < -0.39 is 0 Å². The Morgan fingerprint density at radius 2 is 1.69 bits per heavy atom. The van der Waals surface area contributed by atoms with Crippen LogP contribution in [0.25, 0.3) is 0 Å². The molecule has 0 bridgehead atoms. The number of hydrogen-bond acceptors (Lipinski definition) is 3. The van der Waals surface area contributed by atoms with Crippen molar-refractivity contribution in [2.45, 2.75) is 88.7 Å². The molecule has 4 fully saturated rings. The van der Waals surface area contributed by atoms with Gasteiger partial charge in [-0.25, -0.2) is 0 Å². The molecule has 1 aromatic rings. The maximum Gasteiger partial charge on any atom is 0.133 e. The Bertz CT molecular complexity index is 765. The highest BCUT2D eigenvalue weighted by Gasteiger charge is 2.60. The van der Waals surface area contributed by atoms with E-state index in [0.29, 0.717) is 22.5 Å². The fourth-order valence-electron chi connectivity index (χ4n) is 8.60. The number of carbonyl (C=O) groups is 1. The Balaban J connectivity index is 1.32. The van der Waals surface area contributed by atoms with Gasteiger partial charge in [0.25, 0.3) is 0 Å². The Hall–Kier alpha value is -0.830. The summed E-state index contributed by atoms with van der Waals surface area (Å²) in [5.41, 5.74) is 0.832. The molecule has 0 aliphatic heterocycles. The van der Waals surface area contributed by atoms with E-state index >= 15 is 0 Å². The standard InChI is InChI=1S/C26H37NOS/c1-17(28)22-6-7-23-21-5-4-18-16-20(29-19-10-14-27-15-11-19)8-12-25(18,2)24(21)9-13-26(22,23)3/h10-11,14-15,18,20-24H,4-9,12-13,16H2,1-3H3/t18-,20?,21-,22+,23-,24-,25-,26+/m0/s1. The number of nitrogens with zero attached hydrogens (tertiary/aromatic N) is 1. The molecule has 1 aromatic heterocycles. The lowest BCUT2D eigenvalue weighted by atomic mass is 9.45. The Labute approximate surface area is 181 Å². The molecule has 4 saturated carbocycles. The van der Waals surface area contributed by atoms with Crippen LogP contribution >= 0.6 is 11.8 Å². The number of aromatic nitrogens is 1. The van der Waals surface area contributed by atoms with Crippen LogP contribution in [-0.4, -0.2) is 16.0 Å². The van der Waals surface area contributed by atoms with Gasteiger partial charge in [0.1, 0.15) is 5.78 Å². The average molecular weight is 412 g/mol. The number of ketones is 1. The molecule has 3 heteroatoms. The van der Waals surface area contributed by atoms with E-state index in [9.17, 15) is 4.79 Å². The molecule has 8 atom stereocenters. The first-order valence-corrected chi connectivity index (χ1v) is 12.9. The monoisotopic (exact) mass is 411 g/mol. The first-order valence-electron chi connectivity index (χ1n) is 12.0. The summed E-state index contributed by atoms with van der Waals surface area (Å²) in [6.07, 6.45) is 16.0. The normalized spacial score (nSPS) is 46.4. The molecule has 0 aromatic carbocycles. The van der Waals surface area contributed by atoms with Gasteiger partial charge in [0.05, 0.1) is 0 Å². The van der Waals surface area contributed by atoms with Crippen molar-refractivity contribution in [2.75, 3.05) is 0 Å². The minimum atomic E-state index is 0.296. The minimum absolute atomic E-state index is 0.296. The number of fused-ring (bicyclic) bond motifs is 5. The molecule has 5 rings (SSSR count). The largest absolute Gasteiger partial charge is 0.300 e. The first kappa shape index (κ1) is 20.1. The Morgan fingerprint density at radius 1 is 0.966 bits per heavy atom. The SMILES string of the molecule is CC(=O)[C@H]1CC[C@H]2[C@@H]3CC[C@H]4CC(Sc5ccncc5)CC[C@]4(C)[C@H]3CC[C@]12C. The van der Waals surface area contributed by atoms with E-state index in [1.165, 1.54) is 56.3 Å². The zero-order chi connectivity index (χ0) is 20.2. The molecule has 0 amide bonds. The first-order chi connectivity index (χ1) is 13.9. The van der Waals surface area contributed by atoms with Gasteiger partial charge in [0.15, 0.2) is 0 Å². The van der Waals surface area contributed by atoms with Crippen molar-refractivity contribution in [1.29, 1.82) is 0 Å². The molecule has 29 heavy (non-hydrogen) atoms. The van der Waals surface area contributed by atoms with Gasteiger partial charge >= 0.3 is 0 Å². The van der Waals surface area contributed by atoms with Gasteiger partial charge in [-0.15, -0.1) is 11.8 Å². The molecule has 4 aliphatic carbocycles. The molecule has 0 radical (unpaired) electrons. The summed E-state index contributed by atoms with van der Waals surface area (Å²) in [4.78, 5) is 17.9. The third-order valence-electron chi connectivity index (χ3n) is 10.1. The van der Waals surface area contributed by atoms with Crippen LogP contribution in [0, 0.1) is 40.4 Å². The van der Waals surface area contributed by atoms with Gasteiger partial charge in [-0.3, -0.25) is 9.78 Å². The fraction of sp³-hybridized carbons (Fsp3) is 0.769. The average Bonchev–Trinajstić information content (AvgIpc) is 3.06. The maximum atomic E-state index is 12.3. The lowest BCUT2D eigenvalue weighted by Crippen LogP contribution is -2.54. The summed E-state index contributed by atoms with van der Waals surface area (Å²) in [6.45, 7) is 6.98. The van der Waals surface area contributed by atoms with Crippen LogP contribution in [0.2, 0.25) is 0 Å². The van der Waals surface area contributed by atoms with Crippen molar-refractivity contribution >= 4 is 17.5 Å². The Kier molecular flexibility index (Phi) is 5.12. The molecular formula is C26H37NOS. The third-order valence-corrected chi connectivity index (χ3v) is 11.4. The maximum absolute atomic E-state index is 12.3. The van der Waals surface area contributed by atoms with Crippen LogP contribution in [0.15, 0.2) is 29.4 Å². The van der Waals surface area contributed by atoms with E-state index in [4.69, 9.17) is 0 Å². The van der Waals surface area contributed by atoms with E-state index in [1.807, 2.05) is 19.3 Å². The molecule has 1 unspecified atom stereocenters. The number of Topliss-reactive ketones (excluding diaryl/α,β-unsaturated/α-hetero) is 1. The summed E-state index contributed by atoms with van der Waals surface area (Å²) in [5, 5.41) is 0.773. The van der Waals surface area contributed by atoms with Crippen molar-refractivity contribution in [3.63, 3.8) is 0 Å². The predicted molar refractivity (Wildman–Crippen MR) is 120 cm³/mol. The van der Waals surface area contributed by atoms with Crippen molar-refractivity contribution in [3.8, 4) is 0 Å². The molecule has 4 aliphatic rings. The van der Waals surface area contributed by atoms with Crippen LogP contribution in [-0.2, 0) is 4.79 Å². The van der Waals surface area contributed by atoms with Gasteiger partial charge in [-0.2, -0.15) is 0 Å². The summed E-state index contributed by atoms with van der Waals surface area (Å²) < 4.78 is 0. The van der Waals surface area contributed by atoms with Crippen LogP contribution in [0.4, 0.5) is 0 Å². The van der Waals surface area contributed by atoms with Gasteiger partial charge in [-0.05, 0) is 111 Å². The van der Waals surface area contributed by atoms with Crippen LogP contribution < -0.4 is 0 Å². The number of carbonyl (C=O) groups excluding carboxylic acids is 1. The van der Waals surface area contributed by atoms with E-state index in [1.54, 1.807) is 0 Å². The second-order valence-electron chi connectivity index (χ2n) is 11.1. The van der Waals surface area contributed by atoms with Crippen molar-refractivity contribution in [2.24, 2.45) is 40.4 Å². The zero-order valence-corrected chi connectivity index (χ0v) is 19.2. The number of pyridine rings is 1. The third kappa shape index (κ3) is 3.22. The lowest BCUT2D eigenvalue weighted by Gasteiger charge is -2.61. The molecule has 0 saturated heterocycles. The lowest BCUT2D eigenvalue weighted by molar-refractivity contribution is -0.133. The van der Waals surface area contributed by atoms with Crippen molar-refractivity contribution in [3.05, 3.63) is 24.5 Å². The molecule has 2 nitrogen and oxygen atoms in total. The van der Waals surface area contributed by atoms with Crippen molar-refractivity contribution < 1.29 is 4.79 Å². The molecule has 0 N–H and O–H groups in total. The van der Waals surface area contributed by atoms with Gasteiger partial charge in [-0.1, -0.05) is 13.8 Å². The highest BCUT2D eigenvalue weighted by molar-refractivity contribution is 8.00. The van der Waals surface area contributed by atoms with Gasteiger partial charge in [0, 0.05) is 28.5 Å². The van der Waals surface area contributed by atoms with Crippen LogP contribution in [0.3, 0.4) is 0 Å². The quantitative estimate of drug-likeness (QED) is 0.548. The van der Waals surface area contributed by atoms with Crippen LogP contribution in [0.5, 0.6) is 0 Å². The molecular weight excluding hydrogens is 374 g/mol. The number of rotatable bonds is 3. The molecule has 1 heterocycles. The molecule has 0 spiro atoms. The van der Waals surface area contributed by atoms with Crippen LogP contribution in [0.1, 0.15) is 78.6 Å². The summed E-state index contributed by atoms with van der Waals surface area (Å²) >= 11 is 2.09. The van der Waals surface area contributed by atoms with E-state index in [2.05, 4.69) is 42.7 Å². The molecule has 158 valence electrons. The summed E-state index contributed by atoms with van der Waals surface area (Å²) in [5.74, 6) is 4.28. The predicted octanol–water partition coefficient (Wildman–Crippen LogP) is 6.79. The Morgan fingerprint density at radius 3 is 2.45 bits per heavy atom. The zero-order valence-electron chi connectivity index (χ0n) is 18.4. The fourth-order valence-corrected chi connectivity index (χ4v) is 9.83. The van der Waals surface area contributed by atoms with E-state index in [-0.39, 0.29) is 0 Å². The number of hydrogen-bond donors (Lipinski definition) is 0. The number of thioether (sulfide) groups is 1. The summed E-state index contributed by atoms with van der Waals surface area (Å²) in [6, 6.07) is 4.34. The van der Waals surface area contributed by atoms with Crippen molar-refractivity contribution in [1.82, 2.24) is 4.98 Å². The van der Waals surface area contributed by atoms with Gasteiger partial charge < -0.3 is 0 Å². The topological polar surface area (TPSA) is 30.0 Å². The van der Waals surface area contributed by atoms with Gasteiger partial charge in [0.2, 0.25) is 0 Å². The minimum Gasteiger partial charge on any atom is -0.300 e. The second-order valence-corrected chi connectivity index (χ2v) is 12.5. The highest BCUT2D eigenvalue weighted by Crippen LogP contribution is 2.67. The van der Waals surface area contributed by atoms with E-state index in [0.717, 1.165) is 35.3 Å². The second kappa shape index (κ2) is 7.39.